The van der Waals surface area contributed by atoms with Crippen molar-refractivity contribution in [3.8, 4) is 17.2 Å². The number of ether oxygens (including phenoxy) is 3. The highest BCUT2D eigenvalue weighted by molar-refractivity contribution is 6.30. The molecule has 0 unspecified atom stereocenters. The first-order valence-corrected chi connectivity index (χ1v) is 9.99. The van der Waals surface area contributed by atoms with Crippen LogP contribution in [0.2, 0.25) is 5.02 Å². The normalized spacial score (nSPS) is 10.6. The molecule has 0 saturated carbocycles. The first-order valence-electron chi connectivity index (χ1n) is 9.62. The van der Waals surface area contributed by atoms with Gasteiger partial charge >= 0.3 is 5.97 Å². The first kappa shape index (κ1) is 22.8. The Morgan fingerprint density at radius 3 is 2.41 bits per heavy atom. The fourth-order valence-corrected chi connectivity index (χ4v) is 2.71. The summed E-state index contributed by atoms with van der Waals surface area (Å²) in [6, 6.07) is 18.6. The molecule has 0 atom stereocenters. The second-order valence-corrected chi connectivity index (χ2v) is 7.14. The molecule has 0 spiro atoms. The predicted octanol–water partition coefficient (Wildman–Crippen LogP) is 4.41. The van der Waals surface area contributed by atoms with Gasteiger partial charge in [0.25, 0.3) is 5.91 Å². The highest BCUT2D eigenvalue weighted by Gasteiger charge is 2.12. The highest BCUT2D eigenvalue weighted by atomic mass is 35.5. The molecular weight excluding hydrogens is 432 g/mol. The summed E-state index contributed by atoms with van der Waals surface area (Å²) in [6.45, 7) is 1.74. The summed E-state index contributed by atoms with van der Waals surface area (Å²) in [7, 11) is 1.47. The van der Waals surface area contributed by atoms with Gasteiger partial charge < -0.3 is 14.2 Å². The number of nitrogens with one attached hydrogen (secondary N) is 1. The number of methoxy groups -OCH3 is 1. The SMILES string of the molecule is COc1cc(/C=N/NC(=O)COc2ccc(Cl)cc2)ccc1OC(=O)c1ccc(C)cc1. The fraction of sp³-hybridized carbons (Fsp3) is 0.125. The van der Waals surface area contributed by atoms with Crippen molar-refractivity contribution in [2.45, 2.75) is 6.92 Å². The average molecular weight is 453 g/mol. The second-order valence-electron chi connectivity index (χ2n) is 6.70. The van der Waals surface area contributed by atoms with Gasteiger partial charge in [0.05, 0.1) is 18.9 Å². The van der Waals surface area contributed by atoms with Crippen LogP contribution in [-0.2, 0) is 4.79 Å². The van der Waals surface area contributed by atoms with Gasteiger partial charge in [0.1, 0.15) is 5.75 Å². The van der Waals surface area contributed by atoms with E-state index < -0.39 is 11.9 Å². The van der Waals surface area contributed by atoms with E-state index in [0.717, 1.165) is 5.56 Å². The number of hydrogen-bond acceptors (Lipinski definition) is 6. The molecule has 3 rings (SSSR count). The summed E-state index contributed by atoms with van der Waals surface area (Å²) in [5, 5.41) is 4.48. The van der Waals surface area contributed by atoms with Crippen molar-refractivity contribution in [2.75, 3.05) is 13.7 Å². The fourth-order valence-electron chi connectivity index (χ4n) is 2.59. The lowest BCUT2D eigenvalue weighted by Gasteiger charge is -2.10. The minimum atomic E-state index is -0.488. The zero-order chi connectivity index (χ0) is 22.9. The van der Waals surface area contributed by atoms with Gasteiger partial charge in [0.2, 0.25) is 0 Å². The molecule has 8 heteroatoms. The van der Waals surface area contributed by atoms with Gasteiger partial charge in [-0.2, -0.15) is 5.10 Å². The quantitative estimate of drug-likeness (QED) is 0.237. The number of hydrazone groups is 1. The Balaban J connectivity index is 1.55. The highest BCUT2D eigenvalue weighted by Crippen LogP contribution is 2.28. The van der Waals surface area contributed by atoms with E-state index >= 15 is 0 Å². The number of esters is 1. The van der Waals surface area contributed by atoms with E-state index in [1.54, 1.807) is 54.6 Å². The summed E-state index contributed by atoms with van der Waals surface area (Å²) in [5.41, 5.74) is 4.50. The van der Waals surface area contributed by atoms with Crippen molar-refractivity contribution in [2.24, 2.45) is 5.10 Å². The van der Waals surface area contributed by atoms with Crippen LogP contribution in [0.5, 0.6) is 17.2 Å². The van der Waals surface area contributed by atoms with Crippen LogP contribution in [0.4, 0.5) is 0 Å². The Bertz CT molecular complexity index is 1110. The lowest BCUT2D eigenvalue weighted by atomic mass is 10.1. The number of rotatable bonds is 8. The Labute approximate surface area is 190 Å². The Hall–Kier alpha value is -3.84. The molecule has 0 saturated heterocycles. The van der Waals surface area contributed by atoms with E-state index in [4.69, 9.17) is 25.8 Å². The van der Waals surface area contributed by atoms with Gasteiger partial charge in [-0.15, -0.1) is 0 Å². The average Bonchev–Trinajstić information content (AvgIpc) is 2.80. The van der Waals surface area contributed by atoms with Crippen LogP contribution < -0.4 is 19.6 Å². The van der Waals surface area contributed by atoms with Crippen molar-refractivity contribution in [1.29, 1.82) is 0 Å². The lowest BCUT2D eigenvalue weighted by Crippen LogP contribution is -2.24. The van der Waals surface area contributed by atoms with E-state index in [0.29, 0.717) is 27.6 Å². The maximum atomic E-state index is 12.3. The van der Waals surface area contributed by atoms with Gasteiger partial charge in [0, 0.05) is 5.02 Å². The van der Waals surface area contributed by atoms with E-state index in [-0.39, 0.29) is 12.4 Å². The van der Waals surface area contributed by atoms with Crippen molar-refractivity contribution in [3.05, 3.63) is 88.4 Å². The van der Waals surface area contributed by atoms with Gasteiger partial charge in [-0.05, 0) is 67.1 Å². The maximum absolute atomic E-state index is 12.3. The van der Waals surface area contributed by atoms with Crippen LogP contribution in [0.25, 0.3) is 0 Å². The molecular formula is C24H21ClN2O5. The molecule has 0 aliphatic heterocycles. The number of hydrogen-bond donors (Lipinski definition) is 1. The number of benzene rings is 3. The number of carbonyl (C=O) groups excluding carboxylic acids is 2. The number of halogens is 1. The molecule has 0 radical (unpaired) electrons. The molecule has 0 aliphatic carbocycles. The summed E-state index contributed by atoms with van der Waals surface area (Å²) < 4.78 is 16.1. The predicted molar refractivity (Wildman–Crippen MR) is 122 cm³/mol. The zero-order valence-corrected chi connectivity index (χ0v) is 18.3. The standard InChI is InChI=1S/C24H21ClN2O5/c1-16-3-6-18(7-4-16)24(29)32-21-12-5-17(13-22(21)30-2)14-26-27-23(28)15-31-20-10-8-19(25)9-11-20/h3-14H,15H2,1-2H3,(H,27,28)/b26-14+. The van der Waals surface area contributed by atoms with Crippen LogP contribution in [0, 0.1) is 6.92 Å². The molecule has 1 amide bonds. The molecule has 32 heavy (non-hydrogen) atoms. The van der Waals surface area contributed by atoms with E-state index in [1.807, 2.05) is 19.1 Å². The topological polar surface area (TPSA) is 86.2 Å². The van der Waals surface area contributed by atoms with Crippen LogP contribution in [0.15, 0.2) is 71.8 Å². The molecule has 0 aliphatic rings. The van der Waals surface area contributed by atoms with Gasteiger partial charge in [0.15, 0.2) is 18.1 Å². The minimum Gasteiger partial charge on any atom is -0.493 e. The van der Waals surface area contributed by atoms with Crippen LogP contribution in [0.3, 0.4) is 0 Å². The van der Waals surface area contributed by atoms with Gasteiger partial charge in [-0.3, -0.25) is 4.79 Å². The van der Waals surface area contributed by atoms with Crippen LogP contribution >= 0.6 is 11.6 Å². The van der Waals surface area contributed by atoms with Gasteiger partial charge in [-0.1, -0.05) is 29.3 Å². The van der Waals surface area contributed by atoms with Gasteiger partial charge in [-0.25, -0.2) is 10.2 Å². The van der Waals surface area contributed by atoms with Crippen molar-refractivity contribution >= 4 is 29.7 Å². The van der Waals surface area contributed by atoms with Crippen LogP contribution in [0.1, 0.15) is 21.5 Å². The molecule has 1 N–H and O–H groups in total. The summed E-state index contributed by atoms with van der Waals surface area (Å²) in [4.78, 5) is 24.2. The van der Waals surface area contributed by atoms with Crippen molar-refractivity contribution in [1.82, 2.24) is 5.43 Å². The molecule has 0 fully saturated rings. The molecule has 3 aromatic rings. The molecule has 0 aromatic heterocycles. The summed E-state index contributed by atoms with van der Waals surface area (Å²) in [6.07, 6.45) is 1.44. The van der Waals surface area contributed by atoms with E-state index in [9.17, 15) is 9.59 Å². The van der Waals surface area contributed by atoms with E-state index in [2.05, 4.69) is 10.5 Å². The Kier molecular flexibility index (Phi) is 7.83. The third kappa shape index (κ3) is 6.58. The summed E-state index contributed by atoms with van der Waals surface area (Å²) in [5.74, 6) is 0.237. The Morgan fingerprint density at radius 2 is 1.72 bits per heavy atom. The second kappa shape index (κ2) is 11.0. The maximum Gasteiger partial charge on any atom is 0.343 e. The first-order chi connectivity index (χ1) is 15.4. The van der Waals surface area contributed by atoms with Crippen LogP contribution in [-0.4, -0.2) is 31.8 Å². The third-order valence-electron chi connectivity index (χ3n) is 4.26. The number of nitrogens with zero attached hydrogens (tertiary/aromatic N) is 1. The number of amides is 1. The molecule has 3 aromatic carbocycles. The number of carbonyl (C=O) groups is 2. The third-order valence-corrected chi connectivity index (χ3v) is 4.52. The molecule has 0 heterocycles. The molecule has 7 nitrogen and oxygen atoms in total. The molecule has 0 bridgehead atoms. The monoisotopic (exact) mass is 452 g/mol. The minimum absolute atomic E-state index is 0.198. The zero-order valence-electron chi connectivity index (χ0n) is 17.5. The molecule has 164 valence electrons. The lowest BCUT2D eigenvalue weighted by molar-refractivity contribution is -0.123. The Morgan fingerprint density at radius 1 is 1.00 bits per heavy atom. The van der Waals surface area contributed by atoms with Crippen molar-refractivity contribution < 1.29 is 23.8 Å². The summed E-state index contributed by atoms with van der Waals surface area (Å²) >= 11 is 5.80. The van der Waals surface area contributed by atoms with Crippen molar-refractivity contribution in [3.63, 3.8) is 0 Å². The largest absolute Gasteiger partial charge is 0.493 e. The number of aryl methyl sites for hydroxylation is 1. The van der Waals surface area contributed by atoms with E-state index in [1.165, 1.54) is 13.3 Å². The smallest absolute Gasteiger partial charge is 0.343 e.